The maximum absolute atomic E-state index is 14.0. The van der Waals surface area contributed by atoms with E-state index in [9.17, 15) is 9.59 Å². The molecule has 0 aromatic heterocycles. The van der Waals surface area contributed by atoms with Crippen LogP contribution in [0.15, 0.2) is 86.0 Å². The van der Waals surface area contributed by atoms with E-state index >= 15 is 0 Å². The van der Waals surface area contributed by atoms with Crippen LogP contribution in [0, 0.1) is 5.92 Å². The Morgan fingerprint density at radius 2 is 1.34 bits per heavy atom. The zero-order valence-corrected chi connectivity index (χ0v) is 26.8. The summed E-state index contributed by atoms with van der Waals surface area (Å²) < 4.78 is 18.4. The van der Waals surface area contributed by atoms with Crippen LogP contribution in [0.25, 0.3) is 0 Å². The Balaban J connectivity index is 2.53. The molecule has 7 nitrogen and oxygen atoms in total. The molecule has 224 valence electrons. The van der Waals surface area contributed by atoms with Gasteiger partial charge in [-0.3, -0.25) is 0 Å². The van der Waals surface area contributed by atoms with Crippen molar-refractivity contribution in [1.29, 1.82) is 0 Å². The highest BCUT2D eigenvalue weighted by atomic mass is 28.4. The molecule has 2 rings (SSSR count). The van der Waals surface area contributed by atoms with Crippen LogP contribution in [0.4, 0.5) is 9.59 Å². The van der Waals surface area contributed by atoms with E-state index in [1.54, 1.807) is 12.2 Å². The molecule has 41 heavy (non-hydrogen) atoms. The van der Waals surface area contributed by atoms with Crippen LogP contribution in [0.1, 0.15) is 52.2 Å². The summed E-state index contributed by atoms with van der Waals surface area (Å²) in [5.41, 5.74) is 1.67. The molecule has 0 heterocycles. The third kappa shape index (κ3) is 9.90. The second-order valence-corrected chi connectivity index (χ2v) is 16.7. The highest BCUT2D eigenvalue weighted by Crippen LogP contribution is 2.39. The predicted molar refractivity (Wildman–Crippen MR) is 168 cm³/mol. The minimum atomic E-state index is -2.29. The Bertz CT molecular complexity index is 1120. The third-order valence-corrected chi connectivity index (χ3v) is 11.9. The first kappa shape index (κ1) is 33.8. The molecule has 0 fully saturated rings. The van der Waals surface area contributed by atoms with E-state index in [0.717, 1.165) is 11.1 Å². The Labute approximate surface area is 247 Å². The zero-order chi connectivity index (χ0) is 30.6. The molecule has 0 aliphatic carbocycles. The fraction of sp³-hybridized carbons (Fsp3) is 0.455. The number of nitrogens with zero attached hydrogens (tertiary/aromatic N) is 2. The Morgan fingerprint density at radius 1 is 0.854 bits per heavy atom. The summed E-state index contributed by atoms with van der Waals surface area (Å²) in [5.74, 6) is -0.108. The number of hydrogen-bond acceptors (Lipinski definition) is 5. The van der Waals surface area contributed by atoms with Gasteiger partial charge in [0.2, 0.25) is 0 Å². The van der Waals surface area contributed by atoms with Crippen molar-refractivity contribution in [3.63, 3.8) is 0 Å². The number of amides is 2. The summed E-state index contributed by atoms with van der Waals surface area (Å²) in [6.45, 7) is 22.9. The van der Waals surface area contributed by atoms with Crippen LogP contribution in [-0.2, 0) is 27.1 Å². The minimum Gasteiger partial charge on any atom is -0.443 e. The number of rotatable bonds is 13. The molecule has 0 bridgehead atoms. The fourth-order valence-corrected chi connectivity index (χ4v) is 5.53. The lowest BCUT2D eigenvalue weighted by Gasteiger charge is -2.47. The number of hydrazine groups is 1. The maximum Gasteiger partial charge on any atom is 0.429 e. The first-order valence-electron chi connectivity index (χ1n) is 14.2. The van der Waals surface area contributed by atoms with Crippen LogP contribution in [0.3, 0.4) is 0 Å². The van der Waals surface area contributed by atoms with Gasteiger partial charge in [0.15, 0.2) is 8.32 Å². The SMILES string of the molecule is C=CC[C@H](O[Si](C)(C)C(C)(C)C)[C@@H](C(C)C)N(C(=O)OCc1ccccc1)N(CC=C)C(=O)OCc1ccccc1. The second kappa shape index (κ2) is 15.6. The Kier molecular flexibility index (Phi) is 12.9. The van der Waals surface area contributed by atoms with Gasteiger partial charge >= 0.3 is 12.2 Å². The van der Waals surface area contributed by atoms with Gasteiger partial charge in [0.1, 0.15) is 13.2 Å². The number of carbonyl (C=O) groups excluding carboxylic acids is 2. The van der Waals surface area contributed by atoms with Gasteiger partial charge in [-0.2, -0.15) is 0 Å². The highest BCUT2D eigenvalue weighted by Gasteiger charge is 2.45. The van der Waals surface area contributed by atoms with Gasteiger partial charge < -0.3 is 13.9 Å². The number of ether oxygens (including phenoxy) is 2. The molecular formula is C33H48N2O5Si. The van der Waals surface area contributed by atoms with Crippen molar-refractivity contribution in [2.24, 2.45) is 5.92 Å². The van der Waals surface area contributed by atoms with Gasteiger partial charge in [-0.15, -0.1) is 13.2 Å². The number of benzene rings is 2. The average molecular weight is 581 g/mol. The standard InChI is InChI=1S/C33H48N2O5Si/c1-10-18-29(40-41(8,9)33(5,6)7)30(26(3)4)35(32(37)39-25-28-21-16-13-17-22-28)34(23-11-2)31(36)38-24-27-19-14-12-15-20-27/h10-17,19-22,26,29-30H,1-2,18,23-25H2,3-9H3/t29-,30+/m0/s1. The Morgan fingerprint density at radius 3 is 1.76 bits per heavy atom. The van der Waals surface area contributed by atoms with Crippen LogP contribution in [-0.4, -0.2) is 49.2 Å². The van der Waals surface area contributed by atoms with E-state index in [1.807, 2.05) is 74.5 Å². The molecule has 2 aromatic carbocycles. The smallest absolute Gasteiger partial charge is 0.429 e. The molecule has 0 radical (unpaired) electrons. The molecule has 2 aromatic rings. The maximum atomic E-state index is 14.0. The fourth-order valence-electron chi connectivity index (χ4n) is 4.18. The van der Waals surface area contributed by atoms with Crippen molar-refractivity contribution < 1.29 is 23.5 Å². The van der Waals surface area contributed by atoms with E-state index in [4.69, 9.17) is 13.9 Å². The second-order valence-electron chi connectivity index (χ2n) is 12.0. The molecule has 0 spiro atoms. The van der Waals surface area contributed by atoms with Gasteiger partial charge in [-0.25, -0.2) is 19.6 Å². The van der Waals surface area contributed by atoms with E-state index in [0.29, 0.717) is 6.42 Å². The van der Waals surface area contributed by atoms with E-state index in [1.165, 1.54) is 10.0 Å². The van der Waals surface area contributed by atoms with Gasteiger partial charge in [-0.05, 0) is 41.6 Å². The van der Waals surface area contributed by atoms with Gasteiger partial charge in [0.05, 0.1) is 18.7 Å². The van der Waals surface area contributed by atoms with E-state index in [-0.39, 0.29) is 30.7 Å². The lowest BCUT2D eigenvalue weighted by atomic mass is 9.96. The topological polar surface area (TPSA) is 68.3 Å². The van der Waals surface area contributed by atoms with Gasteiger partial charge in [0, 0.05) is 0 Å². The summed E-state index contributed by atoms with van der Waals surface area (Å²) in [6.07, 6.45) is 2.06. The molecule has 8 heteroatoms. The molecule has 0 aliphatic heterocycles. The molecule has 2 amide bonds. The summed E-state index contributed by atoms with van der Waals surface area (Å²) in [6, 6.07) is 18.3. The van der Waals surface area contributed by atoms with Crippen molar-refractivity contribution in [3.05, 3.63) is 97.1 Å². The van der Waals surface area contributed by atoms with Crippen LogP contribution < -0.4 is 0 Å². The first-order valence-corrected chi connectivity index (χ1v) is 17.1. The van der Waals surface area contributed by atoms with Crippen molar-refractivity contribution in [2.75, 3.05) is 6.54 Å². The first-order chi connectivity index (χ1) is 19.3. The zero-order valence-electron chi connectivity index (χ0n) is 25.8. The normalized spacial score (nSPS) is 13.2. The largest absolute Gasteiger partial charge is 0.443 e. The molecule has 2 atom stereocenters. The lowest BCUT2D eigenvalue weighted by Crippen LogP contribution is -2.62. The van der Waals surface area contributed by atoms with Crippen molar-refractivity contribution in [1.82, 2.24) is 10.0 Å². The van der Waals surface area contributed by atoms with Crippen molar-refractivity contribution in [2.45, 2.75) is 84.5 Å². The van der Waals surface area contributed by atoms with Crippen LogP contribution >= 0.6 is 0 Å². The van der Waals surface area contributed by atoms with E-state index in [2.05, 4.69) is 47.0 Å². The number of hydrogen-bond donors (Lipinski definition) is 0. The average Bonchev–Trinajstić information content (AvgIpc) is 2.92. The van der Waals surface area contributed by atoms with Gasteiger partial charge in [0.25, 0.3) is 0 Å². The summed E-state index contributed by atoms with van der Waals surface area (Å²) in [4.78, 5) is 27.6. The van der Waals surface area contributed by atoms with Crippen LogP contribution in [0.2, 0.25) is 18.1 Å². The highest BCUT2D eigenvalue weighted by molar-refractivity contribution is 6.74. The Hall–Kier alpha value is -3.36. The molecule has 0 aliphatic rings. The summed E-state index contributed by atoms with van der Waals surface area (Å²) in [7, 11) is -2.29. The quantitative estimate of drug-likeness (QED) is 0.135. The molecular weight excluding hydrogens is 532 g/mol. The lowest BCUT2D eigenvalue weighted by molar-refractivity contribution is -0.0813. The molecule has 0 unspecified atom stereocenters. The van der Waals surface area contributed by atoms with Gasteiger partial charge in [-0.1, -0.05) is 107 Å². The van der Waals surface area contributed by atoms with E-state index < -0.39 is 32.6 Å². The monoisotopic (exact) mass is 580 g/mol. The third-order valence-electron chi connectivity index (χ3n) is 7.37. The van der Waals surface area contributed by atoms with Crippen molar-refractivity contribution >= 4 is 20.5 Å². The molecule has 0 N–H and O–H groups in total. The summed E-state index contributed by atoms with van der Waals surface area (Å²) in [5, 5.41) is 2.59. The predicted octanol–water partition coefficient (Wildman–Crippen LogP) is 8.36. The molecule has 0 saturated carbocycles. The van der Waals surface area contributed by atoms with Crippen molar-refractivity contribution in [3.8, 4) is 0 Å². The summed E-state index contributed by atoms with van der Waals surface area (Å²) >= 11 is 0. The number of carbonyl (C=O) groups is 2. The minimum absolute atomic E-state index is 0.0399. The molecule has 0 saturated heterocycles. The van der Waals surface area contributed by atoms with Crippen LogP contribution in [0.5, 0.6) is 0 Å².